The van der Waals surface area contributed by atoms with E-state index in [1.807, 2.05) is 0 Å². The molecule has 0 N–H and O–H groups in total. The Hall–Kier alpha value is -0.860. The third kappa shape index (κ3) is 10.7. The van der Waals surface area contributed by atoms with Crippen molar-refractivity contribution in [2.24, 2.45) is 5.92 Å². The summed E-state index contributed by atoms with van der Waals surface area (Å²) in [5.41, 5.74) is 1.20. The molecule has 0 amide bonds. The fraction of sp³-hybridized carbons (Fsp3) is 0.739. The number of rotatable bonds is 11. The number of hydrogen-bond donors (Lipinski definition) is 0. The topological polar surface area (TPSA) is 12.5 Å². The first-order chi connectivity index (χ1) is 11.9. The lowest BCUT2D eigenvalue weighted by Gasteiger charge is -2.35. The van der Waals surface area contributed by atoms with Crippen LogP contribution in [-0.2, 0) is 10.3 Å². The highest BCUT2D eigenvalue weighted by Gasteiger charge is 2.31. The van der Waals surface area contributed by atoms with Crippen molar-refractivity contribution in [3.05, 3.63) is 35.9 Å². The van der Waals surface area contributed by atoms with Gasteiger partial charge in [-0.1, -0.05) is 84.2 Å². The fourth-order valence-electron chi connectivity index (χ4n) is 2.82. The van der Waals surface area contributed by atoms with Crippen molar-refractivity contribution in [1.29, 1.82) is 0 Å². The summed E-state index contributed by atoms with van der Waals surface area (Å²) >= 11 is 0. The van der Waals surface area contributed by atoms with Crippen molar-refractivity contribution in [2.75, 3.05) is 27.2 Å². The van der Waals surface area contributed by atoms with E-state index in [0.29, 0.717) is 5.92 Å². The summed E-state index contributed by atoms with van der Waals surface area (Å²) in [5.74, 6) is 0.710. The maximum atomic E-state index is 6.38. The number of benzene rings is 1. The second-order valence-corrected chi connectivity index (χ2v) is 7.65. The van der Waals surface area contributed by atoms with Gasteiger partial charge in [0.25, 0.3) is 0 Å². The SMILES string of the molecule is CCC(CCC(C)C)(OCCN(C)C)c1ccccc1.CCCCC. The van der Waals surface area contributed by atoms with E-state index in [1.54, 1.807) is 0 Å². The van der Waals surface area contributed by atoms with Gasteiger partial charge >= 0.3 is 0 Å². The first-order valence-electron chi connectivity index (χ1n) is 10.3. The minimum atomic E-state index is -0.123. The monoisotopic (exact) mass is 349 g/mol. The molecule has 0 heterocycles. The largest absolute Gasteiger partial charge is 0.369 e. The number of hydrogen-bond acceptors (Lipinski definition) is 2. The molecular formula is C23H43NO. The summed E-state index contributed by atoms with van der Waals surface area (Å²) in [7, 11) is 4.18. The minimum Gasteiger partial charge on any atom is -0.369 e. The molecule has 0 aliphatic heterocycles. The zero-order valence-corrected chi connectivity index (χ0v) is 18.0. The minimum absolute atomic E-state index is 0.123. The standard InChI is InChI=1S/C18H31NO.C5H12/c1-6-18(13-12-16(2)3,20-15-14-19(4)5)17-10-8-7-9-11-17;1-3-5-4-2/h7-11,16H,6,12-15H2,1-5H3;3-5H2,1-2H3. The third-order valence-corrected chi connectivity index (χ3v) is 4.62. The van der Waals surface area contributed by atoms with Gasteiger partial charge in [0.2, 0.25) is 0 Å². The first kappa shape index (κ1) is 24.1. The summed E-state index contributed by atoms with van der Waals surface area (Å²) in [6, 6.07) is 10.7. The predicted molar refractivity (Wildman–Crippen MR) is 112 cm³/mol. The maximum absolute atomic E-state index is 6.38. The molecule has 0 aliphatic carbocycles. The van der Waals surface area contributed by atoms with Gasteiger partial charge in [0, 0.05) is 6.54 Å². The van der Waals surface area contributed by atoms with Crippen LogP contribution in [-0.4, -0.2) is 32.1 Å². The van der Waals surface area contributed by atoms with Crippen LogP contribution in [0.15, 0.2) is 30.3 Å². The molecule has 0 radical (unpaired) electrons. The molecule has 1 rings (SSSR count). The van der Waals surface area contributed by atoms with E-state index in [2.05, 4.69) is 83.9 Å². The van der Waals surface area contributed by atoms with Crippen molar-refractivity contribution in [3.8, 4) is 0 Å². The summed E-state index contributed by atoms with van der Waals surface area (Å²) in [4.78, 5) is 2.17. The number of ether oxygens (including phenoxy) is 1. The highest BCUT2D eigenvalue weighted by atomic mass is 16.5. The highest BCUT2D eigenvalue weighted by molar-refractivity contribution is 5.22. The van der Waals surface area contributed by atoms with Gasteiger partial charge < -0.3 is 9.64 Å². The van der Waals surface area contributed by atoms with Crippen LogP contribution >= 0.6 is 0 Å². The lowest BCUT2D eigenvalue weighted by atomic mass is 9.84. The van der Waals surface area contributed by atoms with Gasteiger partial charge in [-0.3, -0.25) is 0 Å². The second kappa shape index (κ2) is 14.3. The molecule has 0 spiro atoms. The lowest BCUT2D eigenvalue weighted by Crippen LogP contribution is -2.32. The van der Waals surface area contributed by atoms with E-state index in [9.17, 15) is 0 Å². The lowest BCUT2D eigenvalue weighted by molar-refractivity contribution is -0.0669. The second-order valence-electron chi connectivity index (χ2n) is 7.65. The molecular weight excluding hydrogens is 306 g/mol. The fourth-order valence-corrected chi connectivity index (χ4v) is 2.82. The molecule has 146 valence electrons. The molecule has 0 aliphatic rings. The van der Waals surface area contributed by atoms with Crippen molar-refractivity contribution in [2.45, 2.75) is 78.7 Å². The Balaban J connectivity index is 0.00000101. The van der Waals surface area contributed by atoms with Gasteiger partial charge in [-0.15, -0.1) is 0 Å². The number of nitrogens with zero attached hydrogens (tertiary/aromatic N) is 1. The molecule has 2 heteroatoms. The molecule has 0 aromatic heterocycles. The Kier molecular flexibility index (Phi) is 13.8. The molecule has 1 aromatic carbocycles. The van der Waals surface area contributed by atoms with Gasteiger partial charge in [-0.2, -0.15) is 0 Å². The van der Waals surface area contributed by atoms with Crippen LogP contribution in [0.25, 0.3) is 0 Å². The van der Waals surface area contributed by atoms with E-state index < -0.39 is 0 Å². The number of unbranched alkanes of at least 4 members (excludes halogenated alkanes) is 2. The summed E-state index contributed by atoms with van der Waals surface area (Å²) < 4.78 is 6.38. The predicted octanol–water partition coefficient (Wildman–Crippen LogP) is 6.50. The normalized spacial score (nSPS) is 13.5. The summed E-state index contributed by atoms with van der Waals surface area (Å²) in [6.07, 6.45) is 7.40. The molecule has 0 saturated heterocycles. The van der Waals surface area contributed by atoms with Crippen LogP contribution in [0.2, 0.25) is 0 Å². The Morgan fingerprint density at radius 3 is 2.00 bits per heavy atom. The molecule has 0 fully saturated rings. The highest BCUT2D eigenvalue weighted by Crippen LogP contribution is 2.35. The molecule has 2 nitrogen and oxygen atoms in total. The quantitative estimate of drug-likeness (QED) is 0.452. The maximum Gasteiger partial charge on any atom is 0.0929 e. The van der Waals surface area contributed by atoms with Crippen molar-refractivity contribution in [3.63, 3.8) is 0 Å². The first-order valence-corrected chi connectivity index (χ1v) is 10.3. The Labute approximate surface area is 158 Å². The van der Waals surface area contributed by atoms with Crippen LogP contribution in [0, 0.1) is 5.92 Å². The van der Waals surface area contributed by atoms with E-state index in [-0.39, 0.29) is 5.60 Å². The zero-order valence-electron chi connectivity index (χ0n) is 18.0. The van der Waals surface area contributed by atoms with Gasteiger partial charge in [0.1, 0.15) is 0 Å². The molecule has 1 unspecified atom stereocenters. The van der Waals surface area contributed by atoms with Crippen LogP contribution in [0.1, 0.15) is 78.7 Å². The smallest absolute Gasteiger partial charge is 0.0929 e. The van der Waals surface area contributed by atoms with E-state index in [0.717, 1.165) is 26.0 Å². The average molecular weight is 350 g/mol. The Morgan fingerprint density at radius 1 is 1.00 bits per heavy atom. The van der Waals surface area contributed by atoms with Gasteiger partial charge in [-0.25, -0.2) is 0 Å². The van der Waals surface area contributed by atoms with Crippen LogP contribution < -0.4 is 0 Å². The molecule has 0 saturated carbocycles. The van der Waals surface area contributed by atoms with Crippen molar-refractivity contribution < 1.29 is 4.74 Å². The van der Waals surface area contributed by atoms with Crippen LogP contribution in [0.3, 0.4) is 0 Å². The molecule has 0 bridgehead atoms. The Bertz CT molecular complexity index is 400. The van der Waals surface area contributed by atoms with Crippen LogP contribution in [0.5, 0.6) is 0 Å². The van der Waals surface area contributed by atoms with Crippen molar-refractivity contribution in [1.82, 2.24) is 4.90 Å². The average Bonchev–Trinajstić information content (AvgIpc) is 2.60. The molecule has 1 atom stereocenters. The van der Waals surface area contributed by atoms with E-state index in [1.165, 1.54) is 31.2 Å². The third-order valence-electron chi connectivity index (χ3n) is 4.62. The molecule has 25 heavy (non-hydrogen) atoms. The Morgan fingerprint density at radius 2 is 1.60 bits per heavy atom. The van der Waals surface area contributed by atoms with Gasteiger partial charge in [-0.05, 0) is 44.8 Å². The number of likely N-dealkylation sites (N-methyl/N-ethyl adjacent to an activating group) is 1. The van der Waals surface area contributed by atoms with E-state index >= 15 is 0 Å². The summed E-state index contributed by atoms with van der Waals surface area (Å²) in [5, 5.41) is 0. The molecule has 1 aromatic rings. The van der Waals surface area contributed by atoms with E-state index in [4.69, 9.17) is 4.74 Å². The summed E-state index contributed by atoms with van der Waals surface area (Å²) in [6.45, 7) is 13.0. The van der Waals surface area contributed by atoms with Gasteiger partial charge in [0.05, 0.1) is 12.2 Å². The zero-order chi connectivity index (χ0) is 19.1. The van der Waals surface area contributed by atoms with Crippen molar-refractivity contribution >= 4 is 0 Å². The van der Waals surface area contributed by atoms with Gasteiger partial charge in [0.15, 0.2) is 0 Å². The van der Waals surface area contributed by atoms with Crippen LogP contribution in [0.4, 0.5) is 0 Å².